The van der Waals surface area contributed by atoms with E-state index in [0.29, 0.717) is 0 Å². The van der Waals surface area contributed by atoms with Crippen LogP contribution in [-0.2, 0) is 9.53 Å². The van der Waals surface area contributed by atoms with E-state index in [-0.39, 0.29) is 11.9 Å². The third kappa shape index (κ3) is 5.15. The van der Waals surface area contributed by atoms with Crippen LogP contribution in [0.5, 0.6) is 0 Å². The lowest BCUT2D eigenvalue weighted by Crippen LogP contribution is -2.08. The van der Waals surface area contributed by atoms with Crippen LogP contribution in [0.1, 0.15) is 20.8 Å². The molecule has 0 saturated carbocycles. The van der Waals surface area contributed by atoms with Crippen LogP contribution in [0.15, 0.2) is 11.8 Å². The van der Waals surface area contributed by atoms with Crippen molar-refractivity contribution in [2.24, 2.45) is 0 Å². The van der Waals surface area contributed by atoms with E-state index in [2.05, 4.69) is 4.74 Å². The van der Waals surface area contributed by atoms with Crippen LogP contribution in [-0.4, -0.2) is 17.2 Å². The molecule has 0 amide bonds. The summed E-state index contributed by atoms with van der Waals surface area (Å²) < 4.78 is 4.69. The van der Waals surface area contributed by atoms with E-state index >= 15 is 0 Å². The van der Waals surface area contributed by atoms with Gasteiger partial charge in [0.05, 0.1) is 17.9 Å². The van der Waals surface area contributed by atoms with Gasteiger partial charge in [-0.2, -0.15) is 0 Å². The van der Waals surface area contributed by atoms with Gasteiger partial charge < -0.3 is 9.84 Å². The standard InChI is InChI=1S/C7H12O3/c1-5(2)10-7(9)4-6(3)8/h4-5,8H,1-3H3/b6-4-. The fourth-order valence-electron chi connectivity index (χ4n) is 0.437. The Balaban J connectivity index is 3.76. The number of aliphatic hydroxyl groups excluding tert-OH is 1. The van der Waals surface area contributed by atoms with Gasteiger partial charge in [-0.25, -0.2) is 4.79 Å². The normalized spacial score (nSPS) is 11.8. The van der Waals surface area contributed by atoms with E-state index < -0.39 is 5.97 Å². The van der Waals surface area contributed by atoms with Gasteiger partial charge in [0.25, 0.3) is 0 Å². The van der Waals surface area contributed by atoms with Crippen LogP contribution in [0.2, 0.25) is 0 Å². The highest BCUT2D eigenvalue weighted by atomic mass is 16.5. The van der Waals surface area contributed by atoms with Crippen LogP contribution >= 0.6 is 0 Å². The Morgan fingerprint density at radius 3 is 2.40 bits per heavy atom. The summed E-state index contributed by atoms with van der Waals surface area (Å²) in [6.07, 6.45) is 0.906. The van der Waals surface area contributed by atoms with Crippen LogP contribution in [0.25, 0.3) is 0 Å². The van der Waals surface area contributed by atoms with Crippen LogP contribution in [0.3, 0.4) is 0 Å². The highest BCUT2D eigenvalue weighted by Crippen LogP contribution is 1.92. The molecule has 0 aromatic rings. The molecule has 58 valence electrons. The first-order valence-electron chi connectivity index (χ1n) is 3.10. The molecule has 1 N–H and O–H groups in total. The number of ether oxygens (including phenoxy) is 1. The highest BCUT2D eigenvalue weighted by Gasteiger charge is 2.00. The van der Waals surface area contributed by atoms with Gasteiger partial charge in [-0.15, -0.1) is 0 Å². The molecule has 0 heterocycles. The molecule has 0 rings (SSSR count). The van der Waals surface area contributed by atoms with Crippen molar-refractivity contribution < 1.29 is 14.6 Å². The van der Waals surface area contributed by atoms with Crippen molar-refractivity contribution in [1.29, 1.82) is 0 Å². The van der Waals surface area contributed by atoms with Crippen LogP contribution in [0, 0.1) is 0 Å². The summed E-state index contributed by atoms with van der Waals surface area (Å²) in [7, 11) is 0. The first-order valence-corrected chi connectivity index (χ1v) is 3.10. The number of carbonyl (C=O) groups excluding carboxylic acids is 1. The van der Waals surface area contributed by atoms with Gasteiger partial charge in [-0.1, -0.05) is 0 Å². The number of allylic oxidation sites excluding steroid dienone is 1. The molecule has 0 bridgehead atoms. The van der Waals surface area contributed by atoms with Crippen molar-refractivity contribution >= 4 is 5.97 Å². The lowest BCUT2D eigenvalue weighted by Gasteiger charge is -2.03. The van der Waals surface area contributed by atoms with Gasteiger partial charge in [0.1, 0.15) is 0 Å². The minimum atomic E-state index is -0.505. The highest BCUT2D eigenvalue weighted by molar-refractivity contribution is 5.82. The fraction of sp³-hybridized carbons (Fsp3) is 0.571. The largest absolute Gasteiger partial charge is 0.512 e. The maximum Gasteiger partial charge on any atom is 0.334 e. The van der Waals surface area contributed by atoms with Crippen molar-refractivity contribution in [1.82, 2.24) is 0 Å². The molecule has 0 fully saturated rings. The Morgan fingerprint density at radius 1 is 1.60 bits per heavy atom. The van der Waals surface area contributed by atoms with Gasteiger partial charge >= 0.3 is 5.97 Å². The average Bonchev–Trinajstić information content (AvgIpc) is 1.58. The van der Waals surface area contributed by atoms with Crippen molar-refractivity contribution in [3.05, 3.63) is 11.8 Å². The topological polar surface area (TPSA) is 46.5 Å². The Morgan fingerprint density at radius 2 is 2.10 bits per heavy atom. The summed E-state index contributed by atoms with van der Waals surface area (Å²) in [5.74, 6) is -0.541. The number of rotatable bonds is 2. The number of carbonyl (C=O) groups is 1. The lowest BCUT2D eigenvalue weighted by atomic mass is 10.4. The second-order valence-electron chi connectivity index (χ2n) is 2.27. The molecule has 0 spiro atoms. The zero-order valence-electron chi connectivity index (χ0n) is 6.42. The second-order valence-corrected chi connectivity index (χ2v) is 2.27. The minimum Gasteiger partial charge on any atom is -0.512 e. The van der Waals surface area contributed by atoms with Gasteiger partial charge in [0, 0.05) is 0 Å². The van der Waals surface area contributed by atoms with E-state index in [1.807, 2.05) is 0 Å². The predicted octanol–water partition coefficient (Wildman–Crippen LogP) is 1.40. The summed E-state index contributed by atoms with van der Waals surface area (Å²) >= 11 is 0. The Labute approximate surface area is 60.3 Å². The molecule has 0 aliphatic heterocycles. The molecule has 0 unspecified atom stereocenters. The molecule has 0 aliphatic carbocycles. The van der Waals surface area contributed by atoms with Crippen molar-refractivity contribution in [2.45, 2.75) is 26.9 Å². The number of aliphatic hydroxyl groups is 1. The van der Waals surface area contributed by atoms with Crippen LogP contribution < -0.4 is 0 Å². The molecular formula is C7H12O3. The quantitative estimate of drug-likeness (QED) is 0.362. The SMILES string of the molecule is C/C(O)=C/C(=O)OC(C)C. The zero-order chi connectivity index (χ0) is 8.15. The number of hydrogen-bond acceptors (Lipinski definition) is 3. The molecule has 3 heteroatoms. The monoisotopic (exact) mass is 144 g/mol. The molecule has 0 saturated heterocycles. The first-order chi connectivity index (χ1) is 4.52. The summed E-state index contributed by atoms with van der Waals surface area (Å²) in [5, 5.41) is 8.60. The Bertz CT molecular complexity index is 143. The molecular weight excluding hydrogens is 132 g/mol. The van der Waals surface area contributed by atoms with E-state index in [9.17, 15) is 4.79 Å². The van der Waals surface area contributed by atoms with E-state index in [0.717, 1.165) is 6.08 Å². The molecule has 0 aliphatic rings. The maximum atomic E-state index is 10.6. The van der Waals surface area contributed by atoms with Gasteiger partial charge in [-0.05, 0) is 20.8 Å². The van der Waals surface area contributed by atoms with Crippen molar-refractivity contribution in [3.8, 4) is 0 Å². The van der Waals surface area contributed by atoms with E-state index in [1.165, 1.54) is 6.92 Å². The smallest absolute Gasteiger partial charge is 0.334 e. The average molecular weight is 144 g/mol. The Kier molecular flexibility index (Phi) is 3.54. The fourth-order valence-corrected chi connectivity index (χ4v) is 0.437. The summed E-state index contributed by atoms with van der Waals surface area (Å²) in [6, 6.07) is 0. The third-order valence-corrected chi connectivity index (χ3v) is 0.679. The summed E-state index contributed by atoms with van der Waals surface area (Å²) in [6.45, 7) is 4.92. The summed E-state index contributed by atoms with van der Waals surface area (Å²) in [4.78, 5) is 10.6. The second kappa shape index (κ2) is 3.93. The molecule has 0 radical (unpaired) electrons. The van der Waals surface area contributed by atoms with Gasteiger partial charge in [-0.3, -0.25) is 0 Å². The van der Waals surface area contributed by atoms with Crippen LogP contribution in [0.4, 0.5) is 0 Å². The Hall–Kier alpha value is -0.990. The van der Waals surface area contributed by atoms with Crippen molar-refractivity contribution in [3.63, 3.8) is 0 Å². The third-order valence-electron chi connectivity index (χ3n) is 0.679. The van der Waals surface area contributed by atoms with E-state index in [1.54, 1.807) is 13.8 Å². The van der Waals surface area contributed by atoms with Crippen molar-refractivity contribution in [2.75, 3.05) is 0 Å². The molecule has 0 aromatic carbocycles. The van der Waals surface area contributed by atoms with Gasteiger partial charge in [0.2, 0.25) is 0 Å². The van der Waals surface area contributed by atoms with Gasteiger partial charge in [0.15, 0.2) is 0 Å². The zero-order valence-corrected chi connectivity index (χ0v) is 6.42. The molecule has 0 atom stereocenters. The predicted molar refractivity (Wildman–Crippen MR) is 37.6 cm³/mol. The molecule has 10 heavy (non-hydrogen) atoms. The molecule has 0 aromatic heterocycles. The number of esters is 1. The first kappa shape index (κ1) is 9.01. The summed E-state index contributed by atoms with van der Waals surface area (Å²) in [5.41, 5.74) is 0. The minimum absolute atomic E-state index is 0.0364. The van der Waals surface area contributed by atoms with E-state index in [4.69, 9.17) is 5.11 Å². The maximum absolute atomic E-state index is 10.6. The lowest BCUT2D eigenvalue weighted by molar-refractivity contribution is -0.141. The number of hydrogen-bond donors (Lipinski definition) is 1. The molecule has 3 nitrogen and oxygen atoms in total.